The third-order valence-electron chi connectivity index (χ3n) is 2.70. The Kier molecular flexibility index (Phi) is 6.45. The molecule has 0 spiro atoms. The number of carbonyl (C=O) groups is 1. The van der Waals surface area contributed by atoms with Crippen LogP contribution in [0.1, 0.15) is 25.8 Å². The van der Waals surface area contributed by atoms with Crippen molar-refractivity contribution in [3.8, 4) is 0 Å². The first-order chi connectivity index (χ1) is 8.92. The number of rotatable bonds is 6. The van der Waals surface area contributed by atoms with Gasteiger partial charge in [0, 0.05) is 4.47 Å². The molecule has 0 aliphatic heterocycles. The van der Waals surface area contributed by atoms with Gasteiger partial charge in [-0.3, -0.25) is 4.79 Å². The minimum Gasteiger partial charge on any atom is -0.394 e. The van der Waals surface area contributed by atoms with Crippen molar-refractivity contribution in [1.82, 2.24) is 5.32 Å². The molecule has 0 heterocycles. The molecule has 5 heteroatoms. The lowest BCUT2D eigenvalue weighted by Gasteiger charge is -2.18. The van der Waals surface area contributed by atoms with Gasteiger partial charge in [0.1, 0.15) is 5.82 Å². The Balaban J connectivity index is 2.61. The standard InChI is InChI=1S/C14H19BrFNO2/c1-9(2)5-12(8-18)17-14(19)7-10-6-11(15)3-4-13(10)16/h3-4,6,9,12,18H,5,7-8H2,1-2H3,(H,17,19). The first-order valence-electron chi connectivity index (χ1n) is 6.26. The fourth-order valence-corrected chi connectivity index (χ4v) is 2.29. The molecule has 0 saturated heterocycles. The zero-order valence-corrected chi connectivity index (χ0v) is 12.7. The monoisotopic (exact) mass is 331 g/mol. The van der Waals surface area contributed by atoms with Crippen molar-refractivity contribution < 1.29 is 14.3 Å². The van der Waals surface area contributed by atoms with Crippen molar-refractivity contribution >= 4 is 21.8 Å². The first-order valence-corrected chi connectivity index (χ1v) is 7.05. The largest absolute Gasteiger partial charge is 0.394 e. The Hall–Kier alpha value is -0.940. The van der Waals surface area contributed by atoms with E-state index in [1.165, 1.54) is 6.07 Å². The normalized spacial score (nSPS) is 12.5. The van der Waals surface area contributed by atoms with Crippen molar-refractivity contribution in [3.05, 3.63) is 34.1 Å². The summed E-state index contributed by atoms with van der Waals surface area (Å²) in [4.78, 5) is 11.8. The van der Waals surface area contributed by atoms with Gasteiger partial charge in [0.2, 0.25) is 5.91 Å². The molecule has 1 rings (SSSR count). The summed E-state index contributed by atoms with van der Waals surface area (Å²) in [6.45, 7) is 3.93. The van der Waals surface area contributed by atoms with Crippen molar-refractivity contribution in [2.75, 3.05) is 6.61 Å². The third kappa shape index (κ3) is 5.70. The maximum Gasteiger partial charge on any atom is 0.224 e. The topological polar surface area (TPSA) is 49.3 Å². The van der Waals surface area contributed by atoms with E-state index in [1.54, 1.807) is 12.1 Å². The Bertz CT molecular complexity index is 437. The van der Waals surface area contributed by atoms with E-state index in [0.29, 0.717) is 17.9 Å². The van der Waals surface area contributed by atoms with Gasteiger partial charge in [-0.05, 0) is 36.1 Å². The second-order valence-corrected chi connectivity index (χ2v) is 5.90. The molecule has 1 aromatic carbocycles. The predicted molar refractivity (Wildman–Crippen MR) is 76.3 cm³/mol. The van der Waals surface area contributed by atoms with Gasteiger partial charge < -0.3 is 10.4 Å². The molecule has 1 unspecified atom stereocenters. The van der Waals surface area contributed by atoms with Crippen LogP contribution in [-0.4, -0.2) is 23.7 Å². The maximum atomic E-state index is 13.5. The van der Waals surface area contributed by atoms with Crippen LogP contribution >= 0.6 is 15.9 Å². The second kappa shape index (κ2) is 7.60. The number of nitrogens with one attached hydrogen (secondary N) is 1. The Morgan fingerprint density at radius 1 is 1.47 bits per heavy atom. The molecule has 19 heavy (non-hydrogen) atoms. The minimum atomic E-state index is -0.400. The van der Waals surface area contributed by atoms with E-state index in [2.05, 4.69) is 21.2 Å². The van der Waals surface area contributed by atoms with Crippen LogP contribution in [-0.2, 0) is 11.2 Å². The van der Waals surface area contributed by atoms with E-state index in [4.69, 9.17) is 0 Å². The first kappa shape index (κ1) is 16.1. The van der Waals surface area contributed by atoms with Crippen LogP contribution in [0, 0.1) is 11.7 Å². The van der Waals surface area contributed by atoms with Gasteiger partial charge in [0.15, 0.2) is 0 Å². The number of carbonyl (C=O) groups excluding carboxylic acids is 1. The highest BCUT2D eigenvalue weighted by molar-refractivity contribution is 9.10. The molecule has 1 aromatic rings. The summed E-state index contributed by atoms with van der Waals surface area (Å²) in [5, 5.41) is 11.9. The summed E-state index contributed by atoms with van der Waals surface area (Å²) < 4.78 is 14.2. The number of aliphatic hydroxyl groups excluding tert-OH is 1. The third-order valence-corrected chi connectivity index (χ3v) is 3.19. The summed E-state index contributed by atoms with van der Waals surface area (Å²) >= 11 is 3.25. The van der Waals surface area contributed by atoms with Crippen LogP contribution in [0.3, 0.4) is 0 Å². The zero-order valence-electron chi connectivity index (χ0n) is 11.1. The van der Waals surface area contributed by atoms with Crippen molar-refractivity contribution in [1.29, 1.82) is 0 Å². The number of aliphatic hydroxyl groups is 1. The molecule has 0 aliphatic rings. The summed E-state index contributed by atoms with van der Waals surface area (Å²) in [6.07, 6.45) is 0.670. The van der Waals surface area contributed by atoms with Gasteiger partial charge in [0.25, 0.3) is 0 Å². The summed E-state index contributed by atoms with van der Waals surface area (Å²) in [7, 11) is 0. The van der Waals surface area contributed by atoms with Gasteiger partial charge in [-0.15, -0.1) is 0 Å². The molecule has 1 amide bonds. The molecule has 106 valence electrons. The number of amides is 1. The molecule has 2 N–H and O–H groups in total. The molecular formula is C14H19BrFNO2. The fraction of sp³-hybridized carbons (Fsp3) is 0.500. The Morgan fingerprint density at radius 2 is 2.16 bits per heavy atom. The highest BCUT2D eigenvalue weighted by atomic mass is 79.9. The van der Waals surface area contributed by atoms with E-state index >= 15 is 0 Å². The molecule has 1 atom stereocenters. The summed E-state index contributed by atoms with van der Waals surface area (Å²) in [5.74, 6) is -0.306. The van der Waals surface area contributed by atoms with Crippen LogP contribution in [0.15, 0.2) is 22.7 Å². The van der Waals surface area contributed by atoms with Gasteiger partial charge >= 0.3 is 0 Å². The number of halogens is 2. The number of hydrogen-bond acceptors (Lipinski definition) is 2. The average molecular weight is 332 g/mol. The average Bonchev–Trinajstić information content (AvgIpc) is 2.32. The molecule has 0 radical (unpaired) electrons. The minimum absolute atomic E-state index is 0.0279. The SMILES string of the molecule is CC(C)CC(CO)NC(=O)Cc1cc(Br)ccc1F. The highest BCUT2D eigenvalue weighted by Crippen LogP contribution is 2.16. The van der Waals surface area contributed by atoms with Gasteiger partial charge in [-0.1, -0.05) is 29.8 Å². The van der Waals surface area contributed by atoms with Gasteiger partial charge in [-0.2, -0.15) is 0 Å². The van der Waals surface area contributed by atoms with Crippen molar-refractivity contribution in [2.45, 2.75) is 32.7 Å². The lowest BCUT2D eigenvalue weighted by Crippen LogP contribution is -2.39. The van der Waals surface area contributed by atoms with Gasteiger partial charge in [-0.25, -0.2) is 4.39 Å². The van der Waals surface area contributed by atoms with Gasteiger partial charge in [0.05, 0.1) is 19.1 Å². The zero-order chi connectivity index (χ0) is 14.4. The van der Waals surface area contributed by atoms with E-state index in [1.807, 2.05) is 13.8 Å². The van der Waals surface area contributed by atoms with Crippen LogP contribution in [0.2, 0.25) is 0 Å². The summed E-state index contributed by atoms with van der Waals surface area (Å²) in [5.41, 5.74) is 0.341. The van der Waals surface area contributed by atoms with E-state index in [-0.39, 0.29) is 25.0 Å². The quantitative estimate of drug-likeness (QED) is 0.841. The molecule has 0 aromatic heterocycles. The molecular weight excluding hydrogens is 313 g/mol. The second-order valence-electron chi connectivity index (χ2n) is 4.99. The predicted octanol–water partition coefficient (Wildman–Crippen LogP) is 2.65. The van der Waals surface area contributed by atoms with Crippen LogP contribution in [0.5, 0.6) is 0 Å². The summed E-state index contributed by atoms with van der Waals surface area (Å²) in [6, 6.07) is 4.23. The van der Waals surface area contributed by atoms with Crippen LogP contribution < -0.4 is 5.32 Å². The van der Waals surface area contributed by atoms with E-state index in [9.17, 15) is 14.3 Å². The molecule has 0 saturated carbocycles. The Labute approximate surface area is 121 Å². The van der Waals surface area contributed by atoms with Crippen molar-refractivity contribution in [3.63, 3.8) is 0 Å². The molecule has 0 aliphatic carbocycles. The smallest absolute Gasteiger partial charge is 0.224 e. The molecule has 3 nitrogen and oxygen atoms in total. The molecule has 0 fully saturated rings. The number of hydrogen-bond donors (Lipinski definition) is 2. The molecule has 0 bridgehead atoms. The van der Waals surface area contributed by atoms with Crippen LogP contribution in [0.25, 0.3) is 0 Å². The highest BCUT2D eigenvalue weighted by Gasteiger charge is 2.15. The lowest BCUT2D eigenvalue weighted by atomic mass is 10.0. The lowest BCUT2D eigenvalue weighted by molar-refractivity contribution is -0.121. The Morgan fingerprint density at radius 3 is 2.74 bits per heavy atom. The fourth-order valence-electron chi connectivity index (χ4n) is 1.88. The van der Waals surface area contributed by atoms with E-state index in [0.717, 1.165) is 4.47 Å². The maximum absolute atomic E-state index is 13.5. The number of benzene rings is 1. The van der Waals surface area contributed by atoms with Crippen LogP contribution in [0.4, 0.5) is 4.39 Å². The van der Waals surface area contributed by atoms with E-state index < -0.39 is 5.82 Å². The van der Waals surface area contributed by atoms with Crippen molar-refractivity contribution in [2.24, 2.45) is 5.92 Å².